The van der Waals surface area contributed by atoms with E-state index >= 15 is 0 Å². The average molecular weight is 359 g/mol. The van der Waals surface area contributed by atoms with Gasteiger partial charge in [0, 0.05) is 6.42 Å². The highest BCUT2D eigenvalue weighted by Crippen LogP contribution is 2.43. The smallest absolute Gasteiger partial charge is 0.309 e. The minimum absolute atomic E-state index is 0.125. The molecule has 0 amide bonds. The Morgan fingerprint density at radius 1 is 1.50 bits per heavy atom. The van der Waals surface area contributed by atoms with Crippen molar-refractivity contribution in [1.82, 2.24) is 0 Å². The zero-order chi connectivity index (χ0) is 18.9. The number of oxime groups is 1. The lowest BCUT2D eigenvalue weighted by Gasteiger charge is -2.14. The van der Waals surface area contributed by atoms with Crippen LogP contribution in [0.4, 0.5) is 0 Å². The van der Waals surface area contributed by atoms with Gasteiger partial charge < -0.3 is 14.7 Å². The van der Waals surface area contributed by atoms with Crippen molar-refractivity contribution in [2.24, 2.45) is 22.9 Å². The van der Waals surface area contributed by atoms with E-state index in [4.69, 9.17) is 4.84 Å². The molecule has 1 fully saturated rings. The number of aliphatic hydroxyl groups excluding tert-OH is 1. The van der Waals surface area contributed by atoms with Gasteiger partial charge in [0.05, 0.1) is 25.3 Å². The average Bonchev–Trinajstić information content (AvgIpc) is 3.21. The third kappa shape index (κ3) is 5.74. The van der Waals surface area contributed by atoms with Crippen molar-refractivity contribution in [2.45, 2.75) is 52.1 Å². The van der Waals surface area contributed by atoms with Gasteiger partial charge in [-0.15, -0.1) is 11.8 Å². The highest BCUT2D eigenvalue weighted by molar-refractivity contribution is 5.87. The predicted molar refractivity (Wildman–Crippen MR) is 101 cm³/mol. The maximum absolute atomic E-state index is 11.0. The fourth-order valence-electron chi connectivity index (χ4n) is 3.44. The Hall–Kier alpha value is -2.06. The fourth-order valence-corrected chi connectivity index (χ4v) is 3.44. The van der Waals surface area contributed by atoms with Crippen LogP contribution in [0.2, 0.25) is 0 Å². The van der Waals surface area contributed by atoms with Gasteiger partial charge in [-0.2, -0.15) is 0 Å². The van der Waals surface area contributed by atoms with Crippen molar-refractivity contribution in [3.05, 3.63) is 23.8 Å². The molecule has 0 saturated heterocycles. The topological polar surface area (TPSA) is 68.1 Å². The molecule has 0 aromatic rings. The lowest BCUT2D eigenvalue weighted by Crippen LogP contribution is -2.14. The van der Waals surface area contributed by atoms with Gasteiger partial charge in [0.1, 0.15) is 6.61 Å². The van der Waals surface area contributed by atoms with Gasteiger partial charge in [-0.3, -0.25) is 4.79 Å². The summed E-state index contributed by atoms with van der Waals surface area (Å²) in [4.78, 5) is 16.3. The number of nitrogens with zero attached hydrogens (tertiary/aromatic N) is 1. The number of ether oxygens (including phenoxy) is 1. The minimum atomic E-state index is -0.480. The number of aliphatic hydroxyl groups is 1. The number of carbonyl (C=O) groups excluding carboxylic acids is 1. The first kappa shape index (κ1) is 20.3. The Morgan fingerprint density at radius 2 is 2.31 bits per heavy atom. The van der Waals surface area contributed by atoms with Crippen LogP contribution in [-0.4, -0.2) is 36.6 Å². The van der Waals surface area contributed by atoms with E-state index in [9.17, 15) is 9.90 Å². The number of hydrogen-bond acceptors (Lipinski definition) is 5. The Kier molecular flexibility index (Phi) is 7.93. The van der Waals surface area contributed by atoms with Crippen LogP contribution in [-0.2, 0) is 14.4 Å². The number of hydrogen-bond donors (Lipinski definition) is 1. The lowest BCUT2D eigenvalue weighted by molar-refractivity contribution is -0.141. The predicted octanol–water partition coefficient (Wildman–Crippen LogP) is 3.25. The van der Waals surface area contributed by atoms with Crippen LogP contribution < -0.4 is 0 Å². The van der Waals surface area contributed by atoms with Crippen molar-refractivity contribution >= 4 is 11.7 Å². The molecular weight excluding hydrogens is 330 g/mol. The van der Waals surface area contributed by atoms with Crippen LogP contribution in [0.3, 0.4) is 0 Å². The SMILES string of the molecule is CC#CCC(C)C(O)/C=C\C1=CC[C@@H]2C/C(=N\OCCC(=O)OC)C[C@@H]12. The Bertz CT molecular complexity index is 638. The zero-order valence-electron chi connectivity index (χ0n) is 15.9. The molecule has 2 aliphatic carbocycles. The van der Waals surface area contributed by atoms with Gasteiger partial charge in [-0.25, -0.2) is 0 Å². The van der Waals surface area contributed by atoms with E-state index in [2.05, 4.69) is 33.9 Å². The molecule has 1 saturated carbocycles. The van der Waals surface area contributed by atoms with Gasteiger partial charge in [0.15, 0.2) is 0 Å². The number of esters is 1. The maximum Gasteiger partial charge on any atom is 0.309 e. The number of rotatable bonds is 8. The van der Waals surface area contributed by atoms with E-state index in [1.165, 1.54) is 12.7 Å². The van der Waals surface area contributed by atoms with Crippen LogP contribution in [0.15, 0.2) is 29.0 Å². The summed E-state index contributed by atoms with van der Waals surface area (Å²) in [6, 6.07) is 0. The number of allylic oxidation sites excluding steroid dienone is 3. The summed E-state index contributed by atoms with van der Waals surface area (Å²) in [5.41, 5.74) is 2.33. The van der Waals surface area contributed by atoms with Crippen LogP contribution in [0.25, 0.3) is 0 Å². The Labute approximate surface area is 156 Å². The van der Waals surface area contributed by atoms with Gasteiger partial charge in [0.25, 0.3) is 0 Å². The largest absolute Gasteiger partial charge is 0.469 e. The Morgan fingerprint density at radius 3 is 3.04 bits per heavy atom. The first-order valence-corrected chi connectivity index (χ1v) is 9.25. The van der Waals surface area contributed by atoms with Crippen LogP contribution in [0.5, 0.6) is 0 Å². The summed E-state index contributed by atoms with van der Waals surface area (Å²) in [6.07, 6.45) is 9.51. The molecule has 0 aromatic carbocycles. The molecule has 142 valence electrons. The second-order valence-electron chi connectivity index (χ2n) is 6.99. The molecule has 4 atom stereocenters. The third-order valence-electron chi connectivity index (χ3n) is 5.10. The summed E-state index contributed by atoms with van der Waals surface area (Å²) >= 11 is 0. The summed E-state index contributed by atoms with van der Waals surface area (Å²) in [5.74, 6) is 6.74. The van der Waals surface area contributed by atoms with Gasteiger partial charge in [-0.1, -0.05) is 30.3 Å². The first-order chi connectivity index (χ1) is 12.5. The third-order valence-corrected chi connectivity index (χ3v) is 5.10. The van der Waals surface area contributed by atoms with Crippen molar-refractivity contribution < 1.29 is 19.5 Å². The van der Waals surface area contributed by atoms with Crippen molar-refractivity contribution in [3.63, 3.8) is 0 Å². The second kappa shape index (κ2) is 10.2. The van der Waals surface area contributed by atoms with E-state index in [0.717, 1.165) is 25.0 Å². The highest BCUT2D eigenvalue weighted by Gasteiger charge is 2.36. The van der Waals surface area contributed by atoms with E-state index in [0.29, 0.717) is 18.3 Å². The molecule has 0 heterocycles. The standard InChI is InChI=1S/C21H29NO4/c1-4-5-6-15(2)20(23)10-9-16-7-8-17-13-18(14-19(16)17)22-26-12-11-21(24)25-3/h7,9-10,15,17,19-20,23H,6,8,11-14H2,1-3H3/b10-9-,22-18+/t15?,17-,19+,20?/m1/s1. The summed E-state index contributed by atoms with van der Waals surface area (Å²) < 4.78 is 4.57. The molecule has 0 aromatic heterocycles. The van der Waals surface area contributed by atoms with E-state index in [1.807, 2.05) is 19.9 Å². The van der Waals surface area contributed by atoms with Crippen molar-refractivity contribution in [1.29, 1.82) is 0 Å². The molecule has 2 rings (SSSR count). The molecule has 5 nitrogen and oxygen atoms in total. The number of carbonyl (C=O) groups is 1. The van der Waals surface area contributed by atoms with E-state index < -0.39 is 6.10 Å². The summed E-state index contributed by atoms with van der Waals surface area (Å²) in [6.45, 7) is 4.08. The molecular formula is C21H29NO4. The highest BCUT2D eigenvalue weighted by atomic mass is 16.6. The summed E-state index contributed by atoms with van der Waals surface area (Å²) in [7, 11) is 1.36. The molecule has 0 spiro atoms. The van der Waals surface area contributed by atoms with Crippen LogP contribution in [0.1, 0.15) is 46.0 Å². The molecule has 0 bridgehead atoms. The fraction of sp³-hybridized carbons (Fsp3) is 0.619. The molecule has 2 aliphatic rings. The molecule has 26 heavy (non-hydrogen) atoms. The molecule has 0 radical (unpaired) electrons. The second-order valence-corrected chi connectivity index (χ2v) is 6.99. The molecule has 1 N–H and O–H groups in total. The normalized spacial score (nSPS) is 25.4. The van der Waals surface area contributed by atoms with Crippen molar-refractivity contribution in [2.75, 3.05) is 13.7 Å². The van der Waals surface area contributed by atoms with Crippen LogP contribution in [0, 0.1) is 29.6 Å². The zero-order valence-corrected chi connectivity index (χ0v) is 15.9. The van der Waals surface area contributed by atoms with Gasteiger partial charge in [0.2, 0.25) is 0 Å². The van der Waals surface area contributed by atoms with Gasteiger partial charge >= 0.3 is 5.97 Å². The molecule has 0 aliphatic heterocycles. The number of fused-ring (bicyclic) bond motifs is 1. The van der Waals surface area contributed by atoms with Crippen molar-refractivity contribution in [3.8, 4) is 11.8 Å². The molecule has 2 unspecified atom stereocenters. The Balaban J connectivity index is 1.82. The molecule has 5 heteroatoms. The maximum atomic E-state index is 11.0. The number of methoxy groups -OCH3 is 1. The van der Waals surface area contributed by atoms with E-state index in [-0.39, 0.29) is 24.9 Å². The quantitative estimate of drug-likeness (QED) is 0.313. The van der Waals surface area contributed by atoms with Gasteiger partial charge in [-0.05, 0) is 49.5 Å². The first-order valence-electron chi connectivity index (χ1n) is 9.25. The minimum Gasteiger partial charge on any atom is -0.469 e. The lowest BCUT2D eigenvalue weighted by atomic mass is 9.93. The van der Waals surface area contributed by atoms with E-state index in [1.54, 1.807) is 0 Å². The monoisotopic (exact) mass is 359 g/mol. The van der Waals surface area contributed by atoms with Crippen LogP contribution >= 0.6 is 0 Å². The summed E-state index contributed by atoms with van der Waals surface area (Å²) in [5, 5.41) is 14.4.